The van der Waals surface area contributed by atoms with Gasteiger partial charge >= 0.3 is 0 Å². The lowest BCUT2D eigenvalue weighted by Crippen LogP contribution is -2.12. The Morgan fingerprint density at radius 1 is 0.365 bits per heavy atom. The minimum atomic E-state index is 0.871. The van der Waals surface area contributed by atoms with E-state index in [4.69, 9.17) is 4.42 Å². The van der Waals surface area contributed by atoms with Crippen molar-refractivity contribution in [1.82, 2.24) is 0 Å². The third-order valence-electron chi connectivity index (χ3n) is 10.3. The minimum Gasteiger partial charge on any atom is -0.456 e. The number of hydrogen-bond acceptors (Lipinski definition) is 4. The number of anilines is 3. The van der Waals surface area contributed by atoms with Crippen molar-refractivity contribution in [3.63, 3.8) is 0 Å². The van der Waals surface area contributed by atoms with Crippen LogP contribution in [0.1, 0.15) is 0 Å². The second kappa shape index (κ2) is 11.7. The highest BCUT2D eigenvalue weighted by molar-refractivity contribution is 7.26. The summed E-state index contributed by atoms with van der Waals surface area (Å²) in [4.78, 5) is 2.56. The van der Waals surface area contributed by atoms with Crippen LogP contribution in [0.25, 0.3) is 84.5 Å². The number of rotatable bonds is 5. The van der Waals surface area contributed by atoms with Crippen LogP contribution in [0.2, 0.25) is 0 Å². The Bertz CT molecular complexity index is 3130. The van der Waals surface area contributed by atoms with Gasteiger partial charge in [0.15, 0.2) is 0 Å². The zero-order valence-electron chi connectivity index (χ0n) is 27.9. The standard InChI is InChI=1S/C48H29NOS2/c1-3-14-30(15-4-1)32-27-29-40-46(34-18-7-10-22-39(34)50-40)47(32)49(37-21-13-25-43-44(37)35-19-8-11-23-41(35)51-43)38-28-26-33(31-16-5-2-6-17-31)48-45(38)36-20-9-12-24-42(36)52-48/h1-29H. The molecule has 4 heteroatoms. The third kappa shape index (κ3) is 4.42. The summed E-state index contributed by atoms with van der Waals surface area (Å²) in [7, 11) is 0. The first-order chi connectivity index (χ1) is 25.8. The number of furan rings is 1. The Labute approximate surface area is 308 Å². The molecule has 0 aliphatic rings. The van der Waals surface area contributed by atoms with Crippen LogP contribution >= 0.6 is 22.7 Å². The van der Waals surface area contributed by atoms with E-state index in [1.807, 2.05) is 22.7 Å². The van der Waals surface area contributed by atoms with E-state index in [0.717, 1.165) is 50.1 Å². The first-order valence-corrected chi connectivity index (χ1v) is 19.1. The van der Waals surface area contributed by atoms with E-state index < -0.39 is 0 Å². The number of benzene rings is 8. The number of fused-ring (bicyclic) bond motifs is 9. The topological polar surface area (TPSA) is 16.4 Å². The van der Waals surface area contributed by atoms with Gasteiger partial charge in [-0.1, -0.05) is 127 Å². The Balaban J connectivity index is 1.36. The van der Waals surface area contributed by atoms with Gasteiger partial charge in [-0.05, 0) is 65.2 Å². The van der Waals surface area contributed by atoms with Crippen molar-refractivity contribution < 1.29 is 4.42 Å². The molecule has 8 aromatic carbocycles. The molecule has 0 spiro atoms. The zero-order chi connectivity index (χ0) is 34.2. The maximum atomic E-state index is 6.65. The molecule has 244 valence electrons. The van der Waals surface area contributed by atoms with Gasteiger partial charge < -0.3 is 9.32 Å². The van der Waals surface area contributed by atoms with Crippen LogP contribution in [-0.2, 0) is 0 Å². The van der Waals surface area contributed by atoms with Crippen LogP contribution in [0.15, 0.2) is 180 Å². The molecule has 3 aromatic heterocycles. The smallest absolute Gasteiger partial charge is 0.137 e. The summed E-state index contributed by atoms with van der Waals surface area (Å²) in [6.45, 7) is 0. The van der Waals surface area contributed by atoms with Crippen molar-refractivity contribution >= 4 is 102 Å². The van der Waals surface area contributed by atoms with Crippen molar-refractivity contribution in [2.45, 2.75) is 0 Å². The maximum Gasteiger partial charge on any atom is 0.137 e. The summed E-state index contributed by atoms with van der Waals surface area (Å²) < 4.78 is 11.7. The van der Waals surface area contributed by atoms with E-state index in [9.17, 15) is 0 Å². The summed E-state index contributed by atoms with van der Waals surface area (Å²) in [6, 6.07) is 63.6. The largest absolute Gasteiger partial charge is 0.456 e. The molecule has 11 aromatic rings. The molecule has 0 saturated carbocycles. The molecule has 0 aliphatic carbocycles. The van der Waals surface area contributed by atoms with Gasteiger partial charge in [0, 0.05) is 51.3 Å². The van der Waals surface area contributed by atoms with Crippen molar-refractivity contribution in [2.24, 2.45) is 0 Å². The number of hydrogen-bond donors (Lipinski definition) is 0. The molecule has 0 aliphatic heterocycles. The van der Waals surface area contributed by atoms with Gasteiger partial charge in [-0.2, -0.15) is 0 Å². The zero-order valence-corrected chi connectivity index (χ0v) is 29.5. The lowest BCUT2D eigenvalue weighted by atomic mass is 9.95. The molecule has 0 bridgehead atoms. The number of thiophene rings is 2. The monoisotopic (exact) mass is 699 g/mol. The summed E-state index contributed by atoms with van der Waals surface area (Å²) in [5.74, 6) is 0. The first kappa shape index (κ1) is 29.5. The highest BCUT2D eigenvalue weighted by Crippen LogP contribution is 2.55. The van der Waals surface area contributed by atoms with Gasteiger partial charge in [0.2, 0.25) is 0 Å². The van der Waals surface area contributed by atoms with Gasteiger partial charge in [0.1, 0.15) is 11.2 Å². The summed E-state index contributed by atoms with van der Waals surface area (Å²) in [5, 5.41) is 7.24. The molecule has 0 N–H and O–H groups in total. The highest BCUT2D eigenvalue weighted by atomic mass is 32.1. The van der Waals surface area contributed by atoms with Gasteiger partial charge in [-0.3, -0.25) is 0 Å². The van der Waals surface area contributed by atoms with Crippen LogP contribution in [0.3, 0.4) is 0 Å². The van der Waals surface area contributed by atoms with Crippen LogP contribution < -0.4 is 4.90 Å². The average molecular weight is 700 g/mol. The molecule has 0 saturated heterocycles. The fourth-order valence-corrected chi connectivity index (χ4v) is 10.4. The van der Waals surface area contributed by atoms with E-state index >= 15 is 0 Å². The molecule has 0 radical (unpaired) electrons. The molecule has 0 fully saturated rings. The number of para-hydroxylation sites is 1. The van der Waals surface area contributed by atoms with Crippen molar-refractivity contribution in [3.8, 4) is 22.3 Å². The number of nitrogens with zero attached hydrogens (tertiary/aromatic N) is 1. The Hall–Kier alpha value is -6.20. The minimum absolute atomic E-state index is 0.871. The van der Waals surface area contributed by atoms with E-state index in [2.05, 4.69) is 181 Å². The molecular formula is C48H29NOS2. The van der Waals surface area contributed by atoms with E-state index in [1.165, 1.54) is 51.5 Å². The second-order valence-corrected chi connectivity index (χ2v) is 15.3. The molecular weight excluding hydrogens is 671 g/mol. The fraction of sp³-hybridized carbons (Fsp3) is 0. The van der Waals surface area contributed by atoms with Crippen molar-refractivity contribution in [1.29, 1.82) is 0 Å². The highest BCUT2D eigenvalue weighted by Gasteiger charge is 2.28. The molecule has 3 heterocycles. The van der Waals surface area contributed by atoms with Gasteiger partial charge in [-0.25, -0.2) is 0 Å². The molecule has 11 rings (SSSR count). The van der Waals surface area contributed by atoms with Crippen molar-refractivity contribution in [2.75, 3.05) is 4.90 Å². The van der Waals surface area contributed by atoms with Crippen LogP contribution in [0.4, 0.5) is 17.1 Å². The summed E-state index contributed by atoms with van der Waals surface area (Å²) in [6.07, 6.45) is 0. The summed E-state index contributed by atoms with van der Waals surface area (Å²) in [5.41, 5.74) is 9.93. The Morgan fingerprint density at radius 3 is 1.71 bits per heavy atom. The lowest BCUT2D eigenvalue weighted by molar-refractivity contribution is 0.669. The molecule has 0 atom stereocenters. The van der Waals surface area contributed by atoms with E-state index in [1.54, 1.807) is 0 Å². The molecule has 0 unspecified atom stereocenters. The maximum absolute atomic E-state index is 6.65. The normalized spacial score (nSPS) is 11.8. The SMILES string of the molecule is c1ccc(-c2ccc3oc4ccccc4c3c2N(c2cccc3sc4ccccc4c23)c2ccc(-c3ccccc3)c3sc4ccccc4c23)cc1. The predicted molar refractivity (Wildman–Crippen MR) is 225 cm³/mol. The summed E-state index contributed by atoms with van der Waals surface area (Å²) >= 11 is 3.73. The molecule has 52 heavy (non-hydrogen) atoms. The Kier molecular flexibility index (Phi) is 6.63. The van der Waals surface area contributed by atoms with Gasteiger partial charge in [-0.15, -0.1) is 22.7 Å². The average Bonchev–Trinajstić information content (AvgIpc) is 3.91. The predicted octanol–water partition coefficient (Wildman–Crippen LogP) is 15.1. The Morgan fingerprint density at radius 2 is 0.942 bits per heavy atom. The quantitative estimate of drug-likeness (QED) is 0.178. The second-order valence-electron chi connectivity index (χ2n) is 13.2. The van der Waals surface area contributed by atoms with Gasteiger partial charge in [0.05, 0.1) is 22.4 Å². The van der Waals surface area contributed by atoms with Gasteiger partial charge in [0.25, 0.3) is 0 Å². The fourth-order valence-electron chi connectivity index (χ4n) is 8.04. The van der Waals surface area contributed by atoms with Crippen molar-refractivity contribution in [3.05, 3.63) is 176 Å². The third-order valence-corrected chi connectivity index (χ3v) is 12.6. The lowest BCUT2D eigenvalue weighted by Gasteiger charge is -2.30. The molecule has 0 amide bonds. The van der Waals surface area contributed by atoms with Crippen LogP contribution in [0.5, 0.6) is 0 Å². The first-order valence-electron chi connectivity index (χ1n) is 17.5. The van der Waals surface area contributed by atoms with Crippen LogP contribution in [-0.4, -0.2) is 0 Å². The van der Waals surface area contributed by atoms with E-state index in [-0.39, 0.29) is 0 Å². The molecule has 2 nitrogen and oxygen atoms in total. The van der Waals surface area contributed by atoms with Crippen LogP contribution in [0, 0.1) is 0 Å². The van der Waals surface area contributed by atoms with E-state index in [0.29, 0.717) is 0 Å².